The molecular weight excluding hydrogens is 360 g/mol. The Hall–Kier alpha value is -3.54. The fourth-order valence-electron chi connectivity index (χ4n) is 2.61. The standard InChI is InChI=1S/C22H20O6/c1-2-3-4-8-13-26-19-17-12-11-16(23)14-18(17)27-22(25)20(19)28-21(24)15-9-6-5-7-10-15/h3-7,9-12,14,23H,2,8,13H2,1H3. The molecule has 144 valence electrons. The largest absolute Gasteiger partial charge is 0.508 e. The Morgan fingerprint density at radius 1 is 1.11 bits per heavy atom. The molecule has 0 bridgehead atoms. The second kappa shape index (κ2) is 8.90. The van der Waals surface area contributed by atoms with Crippen molar-refractivity contribution in [1.82, 2.24) is 0 Å². The molecule has 0 saturated carbocycles. The van der Waals surface area contributed by atoms with E-state index in [1.165, 1.54) is 12.1 Å². The average molecular weight is 380 g/mol. The van der Waals surface area contributed by atoms with Gasteiger partial charge >= 0.3 is 11.6 Å². The van der Waals surface area contributed by atoms with Crippen molar-refractivity contribution in [2.24, 2.45) is 0 Å². The molecule has 0 amide bonds. The molecule has 0 spiro atoms. The monoisotopic (exact) mass is 380 g/mol. The predicted octanol–water partition coefficient (Wildman–Crippen LogP) is 4.45. The summed E-state index contributed by atoms with van der Waals surface area (Å²) in [7, 11) is 0. The Balaban J connectivity index is 1.99. The molecule has 0 radical (unpaired) electrons. The molecule has 1 N–H and O–H groups in total. The number of hydrogen-bond donors (Lipinski definition) is 1. The molecule has 0 saturated heterocycles. The predicted molar refractivity (Wildman–Crippen MR) is 105 cm³/mol. The summed E-state index contributed by atoms with van der Waals surface area (Å²) < 4.78 is 16.3. The van der Waals surface area contributed by atoms with Crippen LogP contribution in [-0.4, -0.2) is 17.7 Å². The van der Waals surface area contributed by atoms with Gasteiger partial charge in [0, 0.05) is 6.07 Å². The topological polar surface area (TPSA) is 86.0 Å². The smallest absolute Gasteiger partial charge is 0.383 e. The van der Waals surface area contributed by atoms with E-state index in [4.69, 9.17) is 13.9 Å². The molecule has 0 aliphatic heterocycles. The molecule has 3 aromatic rings. The number of carbonyl (C=O) groups excluding carboxylic acids is 1. The Bertz CT molecular complexity index is 1050. The number of ether oxygens (including phenoxy) is 2. The van der Waals surface area contributed by atoms with E-state index in [0.717, 1.165) is 6.42 Å². The van der Waals surface area contributed by atoms with Gasteiger partial charge in [-0.1, -0.05) is 37.3 Å². The molecule has 2 aromatic carbocycles. The van der Waals surface area contributed by atoms with Crippen molar-refractivity contribution >= 4 is 16.9 Å². The normalized spacial score (nSPS) is 11.0. The summed E-state index contributed by atoms with van der Waals surface area (Å²) in [6.07, 6.45) is 5.51. The van der Waals surface area contributed by atoms with Crippen molar-refractivity contribution in [3.05, 3.63) is 76.7 Å². The van der Waals surface area contributed by atoms with Gasteiger partial charge < -0.3 is 19.0 Å². The maximum atomic E-state index is 12.4. The van der Waals surface area contributed by atoms with E-state index in [1.807, 2.05) is 19.1 Å². The number of allylic oxidation sites excluding steroid dienone is 1. The van der Waals surface area contributed by atoms with Crippen molar-refractivity contribution in [1.29, 1.82) is 0 Å². The fraction of sp³-hybridized carbons (Fsp3) is 0.182. The highest BCUT2D eigenvalue weighted by atomic mass is 16.6. The summed E-state index contributed by atoms with van der Waals surface area (Å²) in [4.78, 5) is 24.9. The summed E-state index contributed by atoms with van der Waals surface area (Å²) in [6, 6.07) is 12.6. The van der Waals surface area contributed by atoms with Gasteiger partial charge in [-0.25, -0.2) is 9.59 Å². The van der Waals surface area contributed by atoms with Crippen LogP contribution in [0.5, 0.6) is 17.2 Å². The minimum Gasteiger partial charge on any atom is -0.508 e. The maximum Gasteiger partial charge on any atom is 0.383 e. The third-order valence-corrected chi connectivity index (χ3v) is 3.94. The highest BCUT2D eigenvalue weighted by molar-refractivity contribution is 5.93. The van der Waals surface area contributed by atoms with Gasteiger partial charge in [0.1, 0.15) is 11.3 Å². The molecule has 28 heavy (non-hydrogen) atoms. The van der Waals surface area contributed by atoms with Crippen LogP contribution in [-0.2, 0) is 0 Å². The molecular formula is C22H20O6. The van der Waals surface area contributed by atoms with E-state index in [1.54, 1.807) is 36.4 Å². The van der Waals surface area contributed by atoms with Gasteiger partial charge in [-0.3, -0.25) is 0 Å². The zero-order chi connectivity index (χ0) is 19.9. The second-order valence-corrected chi connectivity index (χ2v) is 6.00. The zero-order valence-corrected chi connectivity index (χ0v) is 15.4. The first-order chi connectivity index (χ1) is 13.6. The van der Waals surface area contributed by atoms with Crippen LogP contribution in [0.1, 0.15) is 30.1 Å². The van der Waals surface area contributed by atoms with Crippen LogP contribution in [0.2, 0.25) is 0 Å². The van der Waals surface area contributed by atoms with Crippen LogP contribution in [0.3, 0.4) is 0 Å². The number of benzene rings is 2. The van der Waals surface area contributed by atoms with Gasteiger partial charge in [0.15, 0.2) is 5.75 Å². The van der Waals surface area contributed by atoms with E-state index in [-0.39, 0.29) is 29.4 Å². The lowest BCUT2D eigenvalue weighted by molar-refractivity contribution is 0.0721. The summed E-state index contributed by atoms with van der Waals surface area (Å²) in [5.74, 6) is -0.949. The van der Waals surface area contributed by atoms with Crippen LogP contribution >= 0.6 is 0 Å². The summed E-state index contributed by atoms with van der Waals surface area (Å²) in [5, 5.41) is 10.1. The zero-order valence-electron chi connectivity index (χ0n) is 15.4. The van der Waals surface area contributed by atoms with Gasteiger partial charge in [0.05, 0.1) is 17.6 Å². The van der Waals surface area contributed by atoms with Crippen LogP contribution in [0.15, 0.2) is 69.9 Å². The summed E-state index contributed by atoms with van der Waals surface area (Å²) >= 11 is 0. The number of fused-ring (bicyclic) bond motifs is 1. The first-order valence-electron chi connectivity index (χ1n) is 8.95. The Morgan fingerprint density at radius 2 is 1.89 bits per heavy atom. The lowest BCUT2D eigenvalue weighted by atomic mass is 10.2. The highest BCUT2D eigenvalue weighted by Crippen LogP contribution is 2.34. The maximum absolute atomic E-state index is 12.4. The molecule has 0 fully saturated rings. The van der Waals surface area contributed by atoms with E-state index in [0.29, 0.717) is 17.4 Å². The molecule has 6 nitrogen and oxygen atoms in total. The number of hydrogen-bond acceptors (Lipinski definition) is 6. The van der Waals surface area contributed by atoms with Crippen molar-refractivity contribution in [2.75, 3.05) is 6.61 Å². The minimum absolute atomic E-state index is 0.0542. The SMILES string of the molecule is CCC=CCCOc1c(OC(=O)c2ccccc2)c(=O)oc2cc(O)ccc12. The fourth-order valence-corrected chi connectivity index (χ4v) is 2.61. The molecule has 6 heteroatoms. The first kappa shape index (κ1) is 19.2. The molecule has 0 atom stereocenters. The molecule has 0 aliphatic carbocycles. The third-order valence-electron chi connectivity index (χ3n) is 3.94. The Morgan fingerprint density at radius 3 is 2.64 bits per heavy atom. The van der Waals surface area contributed by atoms with Gasteiger partial charge in [0.2, 0.25) is 0 Å². The van der Waals surface area contributed by atoms with Crippen LogP contribution < -0.4 is 15.1 Å². The van der Waals surface area contributed by atoms with E-state index in [9.17, 15) is 14.7 Å². The molecule has 1 aromatic heterocycles. The van der Waals surface area contributed by atoms with E-state index >= 15 is 0 Å². The Labute approximate surface area is 161 Å². The average Bonchev–Trinajstić information content (AvgIpc) is 2.70. The number of phenolic OH excluding ortho intramolecular Hbond substituents is 1. The van der Waals surface area contributed by atoms with Gasteiger partial charge in [-0.05, 0) is 37.1 Å². The van der Waals surface area contributed by atoms with Gasteiger partial charge in [0.25, 0.3) is 5.75 Å². The Kier molecular flexibility index (Phi) is 6.11. The van der Waals surface area contributed by atoms with Gasteiger partial charge in [-0.15, -0.1) is 0 Å². The van der Waals surface area contributed by atoms with Gasteiger partial charge in [-0.2, -0.15) is 0 Å². The number of aromatic hydroxyl groups is 1. The number of esters is 1. The quantitative estimate of drug-likeness (QED) is 0.282. The summed E-state index contributed by atoms with van der Waals surface area (Å²) in [6.45, 7) is 2.31. The second-order valence-electron chi connectivity index (χ2n) is 6.00. The molecule has 3 rings (SSSR count). The van der Waals surface area contributed by atoms with Crippen molar-refractivity contribution < 1.29 is 23.8 Å². The van der Waals surface area contributed by atoms with Crippen molar-refractivity contribution in [3.8, 4) is 17.2 Å². The number of rotatable bonds is 7. The molecule has 0 unspecified atom stereocenters. The number of phenols is 1. The van der Waals surface area contributed by atoms with Crippen LogP contribution in [0.25, 0.3) is 11.0 Å². The molecule has 0 aliphatic rings. The van der Waals surface area contributed by atoms with E-state index in [2.05, 4.69) is 0 Å². The minimum atomic E-state index is -0.860. The lowest BCUT2D eigenvalue weighted by Gasteiger charge is -2.12. The van der Waals surface area contributed by atoms with Crippen LogP contribution in [0, 0.1) is 0 Å². The van der Waals surface area contributed by atoms with Crippen molar-refractivity contribution in [3.63, 3.8) is 0 Å². The van der Waals surface area contributed by atoms with Crippen LogP contribution in [0.4, 0.5) is 0 Å². The van der Waals surface area contributed by atoms with Crippen molar-refractivity contribution in [2.45, 2.75) is 19.8 Å². The van der Waals surface area contributed by atoms with E-state index < -0.39 is 11.6 Å². The molecule has 1 heterocycles. The lowest BCUT2D eigenvalue weighted by Crippen LogP contribution is -2.16. The first-order valence-corrected chi connectivity index (χ1v) is 8.95. The third kappa shape index (κ3) is 4.40. The number of carbonyl (C=O) groups is 1. The highest BCUT2D eigenvalue weighted by Gasteiger charge is 2.21. The summed E-state index contributed by atoms with van der Waals surface area (Å²) in [5.41, 5.74) is -0.422.